The Labute approximate surface area is 139 Å². The van der Waals surface area contributed by atoms with Crippen LogP contribution in [-0.4, -0.2) is 43.5 Å². The van der Waals surface area contributed by atoms with Gasteiger partial charge in [-0.1, -0.05) is 43.7 Å². The van der Waals surface area contributed by atoms with Crippen molar-refractivity contribution in [2.75, 3.05) is 19.6 Å². The highest BCUT2D eigenvalue weighted by molar-refractivity contribution is 5.51. The fraction of sp³-hybridized carbons (Fsp3) is 0.529. The second-order valence-electron chi connectivity index (χ2n) is 4.53. The average Bonchev–Trinajstić information content (AvgIpc) is 3.08. The molecule has 6 heteroatoms. The minimum Gasteiger partial charge on any atom is -0.392 e. The number of aldehydes is 1. The summed E-state index contributed by atoms with van der Waals surface area (Å²) in [7, 11) is 0. The molecule has 1 amide bonds. The molecule has 0 saturated carbocycles. The Bertz CT molecular complexity index is 377. The van der Waals surface area contributed by atoms with Crippen LogP contribution in [0.25, 0.3) is 0 Å². The third kappa shape index (κ3) is 16.4. The number of β-amino-alcohol motifs (C(OH)–C–C–N with tert-alkyl or cyclic N) is 1. The van der Waals surface area contributed by atoms with Crippen molar-refractivity contribution in [3.05, 3.63) is 35.4 Å². The van der Waals surface area contributed by atoms with E-state index in [9.17, 15) is 4.79 Å². The topological polar surface area (TPSA) is 104 Å². The first-order valence-electron chi connectivity index (χ1n) is 7.89. The largest absolute Gasteiger partial charge is 0.392 e. The fourth-order valence-electron chi connectivity index (χ4n) is 1.50. The SMILES string of the molecule is CC.Cc1ccc(CNC=O)cc1.NCC=O.OC1CCNC1. The van der Waals surface area contributed by atoms with Crippen LogP contribution in [0.1, 0.15) is 31.4 Å². The Morgan fingerprint density at radius 3 is 2.17 bits per heavy atom. The molecule has 1 aliphatic rings. The standard InChI is InChI=1S/C9H11NO.C4H9NO.C2H5NO.C2H6/c1-8-2-4-9(5-3-8)6-10-7-11;6-4-1-2-5-3-4;3-1-2-4;1-2/h2-5,7H,6H2,1H3,(H,10,11);4-6H,1-3H2;2H,1,3H2;1-2H3. The minimum atomic E-state index is -0.0648. The van der Waals surface area contributed by atoms with Crippen molar-refractivity contribution in [2.24, 2.45) is 5.73 Å². The summed E-state index contributed by atoms with van der Waals surface area (Å²) in [5.74, 6) is 0. The van der Waals surface area contributed by atoms with E-state index in [-0.39, 0.29) is 12.6 Å². The first-order chi connectivity index (χ1) is 11.1. The van der Waals surface area contributed by atoms with Crippen LogP contribution in [-0.2, 0) is 16.1 Å². The van der Waals surface area contributed by atoms with Crippen molar-refractivity contribution >= 4 is 12.7 Å². The Morgan fingerprint density at radius 1 is 1.30 bits per heavy atom. The molecule has 2 rings (SSSR count). The first kappa shape index (κ1) is 23.5. The first-order valence-corrected chi connectivity index (χ1v) is 7.89. The van der Waals surface area contributed by atoms with E-state index in [1.807, 2.05) is 45.0 Å². The molecule has 23 heavy (non-hydrogen) atoms. The van der Waals surface area contributed by atoms with Crippen LogP contribution in [0.3, 0.4) is 0 Å². The van der Waals surface area contributed by atoms with E-state index in [4.69, 9.17) is 9.90 Å². The van der Waals surface area contributed by atoms with E-state index in [2.05, 4.69) is 16.4 Å². The number of amides is 1. The van der Waals surface area contributed by atoms with E-state index in [0.717, 1.165) is 25.1 Å². The molecule has 1 saturated heterocycles. The molecule has 0 bridgehead atoms. The lowest BCUT2D eigenvalue weighted by Gasteiger charge is -1.98. The van der Waals surface area contributed by atoms with Gasteiger partial charge >= 0.3 is 0 Å². The van der Waals surface area contributed by atoms with Crippen molar-refractivity contribution < 1.29 is 14.7 Å². The number of benzene rings is 1. The zero-order chi connectivity index (χ0) is 17.9. The quantitative estimate of drug-likeness (QED) is 0.612. The molecular weight excluding hydrogens is 294 g/mol. The van der Waals surface area contributed by atoms with Gasteiger partial charge in [0, 0.05) is 19.6 Å². The molecule has 1 aromatic rings. The van der Waals surface area contributed by atoms with Gasteiger partial charge < -0.3 is 26.3 Å². The zero-order valence-electron chi connectivity index (χ0n) is 14.4. The molecule has 6 nitrogen and oxygen atoms in total. The highest BCUT2D eigenvalue weighted by atomic mass is 16.3. The highest BCUT2D eigenvalue weighted by Gasteiger charge is 2.08. The monoisotopic (exact) mass is 325 g/mol. The Balaban J connectivity index is 0. The summed E-state index contributed by atoms with van der Waals surface area (Å²) < 4.78 is 0. The number of carbonyl (C=O) groups is 2. The van der Waals surface area contributed by atoms with Gasteiger partial charge in [-0.2, -0.15) is 0 Å². The van der Waals surface area contributed by atoms with Gasteiger partial charge in [-0.3, -0.25) is 4.79 Å². The lowest BCUT2D eigenvalue weighted by atomic mass is 10.1. The van der Waals surface area contributed by atoms with Gasteiger partial charge in [-0.15, -0.1) is 0 Å². The van der Waals surface area contributed by atoms with Crippen LogP contribution in [0.15, 0.2) is 24.3 Å². The van der Waals surface area contributed by atoms with Gasteiger partial charge in [0.1, 0.15) is 6.29 Å². The lowest BCUT2D eigenvalue weighted by molar-refractivity contribution is -0.109. The third-order valence-electron chi connectivity index (χ3n) is 2.64. The number of aryl methyl sites for hydroxylation is 1. The summed E-state index contributed by atoms with van der Waals surface area (Å²) in [5, 5.41) is 14.3. The average molecular weight is 325 g/mol. The van der Waals surface area contributed by atoms with Crippen molar-refractivity contribution in [1.82, 2.24) is 10.6 Å². The summed E-state index contributed by atoms with van der Waals surface area (Å²) in [6, 6.07) is 8.07. The molecular formula is C17H31N3O3. The van der Waals surface area contributed by atoms with Gasteiger partial charge in [-0.05, 0) is 25.5 Å². The van der Waals surface area contributed by atoms with Crippen LogP contribution in [0.2, 0.25) is 0 Å². The number of aliphatic hydroxyl groups is 1. The molecule has 1 fully saturated rings. The summed E-state index contributed by atoms with van der Waals surface area (Å²) in [6.45, 7) is 8.57. The number of hydrogen-bond donors (Lipinski definition) is 4. The normalized spacial score (nSPS) is 14.7. The molecule has 0 radical (unpaired) electrons. The summed E-state index contributed by atoms with van der Waals surface area (Å²) in [5.41, 5.74) is 7.02. The number of rotatable bonds is 4. The molecule has 0 aliphatic carbocycles. The Morgan fingerprint density at radius 2 is 1.87 bits per heavy atom. The zero-order valence-corrected chi connectivity index (χ0v) is 14.4. The number of nitrogens with two attached hydrogens (primary N) is 1. The van der Waals surface area contributed by atoms with Crippen LogP contribution in [0, 0.1) is 6.92 Å². The summed E-state index contributed by atoms with van der Waals surface area (Å²) in [4.78, 5) is 19.0. The van der Waals surface area contributed by atoms with Gasteiger partial charge in [0.15, 0.2) is 0 Å². The van der Waals surface area contributed by atoms with E-state index >= 15 is 0 Å². The molecule has 1 atom stereocenters. The second-order valence-corrected chi connectivity index (χ2v) is 4.53. The lowest BCUT2D eigenvalue weighted by Crippen LogP contribution is -2.11. The molecule has 0 spiro atoms. The van der Waals surface area contributed by atoms with Crippen molar-refractivity contribution in [3.63, 3.8) is 0 Å². The molecule has 1 heterocycles. The molecule has 1 unspecified atom stereocenters. The molecule has 132 valence electrons. The molecule has 5 N–H and O–H groups in total. The van der Waals surface area contributed by atoms with Gasteiger partial charge in [0.25, 0.3) is 0 Å². The smallest absolute Gasteiger partial charge is 0.207 e. The van der Waals surface area contributed by atoms with E-state index < -0.39 is 0 Å². The summed E-state index contributed by atoms with van der Waals surface area (Å²) >= 11 is 0. The molecule has 1 aliphatic heterocycles. The number of nitrogens with one attached hydrogen (secondary N) is 2. The maximum absolute atomic E-state index is 9.93. The molecule has 1 aromatic carbocycles. The third-order valence-corrected chi connectivity index (χ3v) is 2.64. The minimum absolute atomic E-state index is 0.0648. The van der Waals surface area contributed by atoms with Gasteiger partial charge in [0.2, 0.25) is 6.41 Å². The summed E-state index contributed by atoms with van der Waals surface area (Å²) in [6.07, 6.45) is 2.23. The van der Waals surface area contributed by atoms with Gasteiger partial charge in [0.05, 0.1) is 6.10 Å². The maximum Gasteiger partial charge on any atom is 0.207 e. The van der Waals surface area contributed by atoms with Crippen LogP contribution in [0.5, 0.6) is 0 Å². The second kappa shape index (κ2) is 18.3. The maximum atomic E-state index is 9.93. The number of aliphatic hydroxyl groups excluding tert-OH is 1. The van der Waals surface area contributed by atoms with Crippen molar-refractivity contribution in [2.45, 2.75) is 39.8 Å². The Hall–Kier alpha value is -1.76. The predicted octanol–water partition coefficient (Wildman–Crippen LogP) is 0.752. The van der Waals surface area contributed by atoms with Crippen LogP contribution in [0.4, 0.5) is 0 Å². The van der Waals surface area contributed by atoms with Crippen LogP contribution < -0.4 is 16.4 Å². The van der Waals surface area contributed by atoms with E-state index in [1.165, 1.54) is 5.56 Å². The van der Waals surface area contributed by atoms with Crippen molar-refractivity contribution in [1.29, 1.82) is 0 Å². The van der Waals surface area contributed by atoms with E-state index in [1.54, 1.807) is 0 Å². The highest BCUT2D eigenvalue weighted by Crippen LogP contribution is 2.01. The van der Waals surface area contributed by atoms with Gasteiger partial charge in [-0.25, -0.2) is 0 Å². The fourth-order valence-corrected chi connectivity index (χ4v) is 1.50. The molecule has 0 aromatic heterocycles. The van der Waals surface area contributed by atoms with E-state index in [0.29, 0.717) is 19.2 Å². The number of carbonyl (C=O) groups excluding carboxylic acids is 2. The number of hydrogen-bond acceptors (Lipinski definition) is 5. The predicted molar refractivity (Wildman–Crippen MR) is 94.0 cm³/mol. The van der Waals surface area contributed by atoms with Crippen LogP contribution >= 0.6 is 0 Å². The Kier molecular flexibility index (Phi) is 18.7. The van der Waals surface area contributed by atoms with Crippen molar-refractivity contribution in [3.8, 4) is 0 Å².